The lowest BCUT2D eigenvalue weighted by molar-refractivity contribution is 0.118. The van der Waals surface area contributed by atoms with Crippen LogP contribution >= 0.6 is 15.9 Å². The van der Waals surface area contributed by atoms with Crippen LogP contribution in [0.15, 0.2) is 23.3 Å². The van der Waals surface area contributed by atoms with Gasteiger partial charge in [-0.2, -0.15) is 0 Å². The van der Waals surface area contributed by atoms with Gasteiger partial charge in [0.1, 0.15) is 0 Å². The number of likely N-dealkylation sites (tertiary alicyclic amines) is 1. The number of methoxy groups -OCH3 is 1. The number of hydrogen-bond donors (Lipinski definition) is 0. The van der Waals surface area contributed by atoms with Crippen molar-refractivity contribution in [3.05, 3.63) is 39.8 Å². The van der Waals surface area contributed by atoms with Crippen molar-refractivity contribution >= 4 is 27.7 Å². The summed E-state index contributed by atoms with van der Waals surface area (Å²) in [6.07, 6.45) is 1.18. The first-order valence-electron chi connectivity index (χ1n) is 6.33. The molecule has 0 N–H and O–H groups in total. The second kappa shape index (κ2) is 4.68. The molecule has 0 spiro atoms. The maximum Gasteiger partial charge on any atom is 0.409 e. The van der Waals surface area contributed by atoms with E-state index in [1.807, 2.05) is 12.1 Å². The summed E-state index contributed by atoms with van der Waals surface area (Å²) in [5.74, 6) is 0. The Labute approximate surface area is 124 Å². The van der Waals surface area contributed by atoms with Gasteiger partial charge in [0.2, 0.25) is 0 Å². The highest BCUT2D eigenvalue weighted by Gasteiger charge is 2.54. The number of fused-ring (bicyclic) bond motifs is 3. The summed E-state index contributed by atoms with van der Waals surface area (Å²) in [7, 11) is 1.39. The maximum absolute atomic E-state index is 11.9. The van der Waals surface area contributed by atoms with Crippen LogP contribution in [0.4, 0.5) is 10.5 Å². The minimum absolute atomic E-state index is 0.00000661. The molecule has 7 heteroatoms. The molecule has 2 aliphatic rings. The fourth-order valence-corrected chi connectivity index (χ4v) is 4.25. The van der Waals surface area contributed by atoms with E-state index in [9.17, 15) is 4.79 Å². The van der Waals surface area contributed by atoms with Crippen molar-refractivity contribution < 1.29 is 9.53 Å². The number of benzene rings is 1. The van der Waals surface area contributed by atoms with Crippen molar-refractivity contribution in [3.8, 4) is 0 Å². The highest BCUT2D eigenvalue weighted by atomic mass is 79.9. The Morgan fingerprint density at radius 1 is 1.65 bits per heavy atom. The van der Waals surface area contributed by atoms with Crippen LogP contribution in [0.1, 0.15) is 17.5 Å². The lowest BCUT2D eigenvalue weighted by Crippen LogP contribution is -2.40. The molecule has 0 radical (unpaired) electrons. The Morgan fingerprint density at radius 2 is 2.45 bits per heavy atom. The lowest BCUT2D eigenvalue weighted by Gasteiger charge is -2.27. The quantitative estimate of drug-likeness (QED) is 0.340. The fraction of sp³-hybridized carbons (Fsp3) is 0.462. The molecule has 0 unspecified atom stereocenters. The number of azide groups is 1. The maximum atomic E-state index is 11.9. The Bertz CT molecular complexity index is 629. The van der Waals surface area contributed by atoms with Gasteiger partial charge in [-0.25, -0.2) is 4.79 Å². The van der Waals surface area contributed by atoms with E-state index in [1.54, 1.807) is 11.0 Å². The van der Waals surface area contributed by atoms with Gasteiger partial charge in [-0.05, 0) is 29.5 Å². The highest BCUT2D eigenvalue weighted by molar-refractivity contribution is 9.09. The van der Waals surface area contributed by atoms with Crippen molar-refractivity contribution in [2.75, 3.05) is 13.7 Å². The minimum atomic E-state index is -0.311. The molecule has 3 rings (SSSR count). The summed E-state index contributed by atoms with van der Waals surface area (Å²) < 4.78 is 4.58. The molecule has 0 aromatic heterocycles. The van der Waals surface area contributed by atoms with Crippen LogP contribution in [-0.2, 0) is 15.5 Å². The van der Waals surface area contributed by atoms with Gasteiger partial charge in [0, 0.05) is 17.1 Å². The van der Waals surface area contributed by atoms with Crippen LogP contribution in [0.25, 0.3) is 10.4 Å². The summed E-state index contributed by atoms with van der Waals surface area (Å²) in [6.45, 7) is 0.660. The molecule has 1 fully saturated rings. The van der Waals surface area contributed by atoms with Gasteiger partial charge < -0.3 is 9.64 Å². The number of halogens is 1. The van der Waals surface area contributed by atoms with Crippen molar-refractivity contribution in [2.45, 2.75) is 23.2 Å². The minimum Gasteiger partial charge on any atom is -0.453 e. The topological polar surface area (TPSA) is 78.3 Å². The van der Waals surface area contributed by atoms with E-state index < -0.39 is 0 Å². The molecule has 1 aromatic rings. The number of amides is 1. The molecule has 20 heavy (non-hydrogen) atoms. The second-order valence-electron chi connectivity index (χ2n) is 4.99. The van der Waals surface area contributed by atoms with Gasteiger partial charge in [0.05, 0.1) is 17.5 Å². The molecule has 104 valence electrons. The fourth-order valence-electron chi connectivity index (χ4n) is 3.29. The van der Waals surface area contributed by atoms with Gasteiger partial charge in [0.25, 0.3) is 0 Å². The first-order valence-corrected chi connectivity index (χ1v) is 7.12. The second-order valence-corrected chi connectivity index (χ2v) is 6.40. The molecule has 0 bridgehead atoms. The monoisotopic (exact) mass is 336 g/mol. The lowest BCUT2D eigenvalue weighted by atomic mass is 9.97. The van der Waals surface area contributed by atoms with E-state index in [-0.39, 0.29) is 16.5 Å². The van der Waals surface area contributed by atoms with Crippen molar-refractivity contribution in [2.24, 2.45) is 5.11 Å². The van der Waals surface area contributed by atoms with Crippen LogP contribution in [-0.4, -0.2) is 30.7 Å². The molecule has 1 aromatic carbocycles. The number of alkyl halides is 1. The molecule has 1 saturated heterocycles. The first-order chi connectivity index (χ1) is 9.61. The largest absolute Gasteiger partial charge is 0.453 e. The van der Waals surface area contributed by atoms with Crippen LogP contribution in [0, 0.1) is 0 Å². The predicted molar refractivity (Wildman–Crippen MR) is 77.1 cm³/mol. The van der Waals surface area contributed by atoms with Gasteiger partial charge >= 0.3 is 6.09 Å². The number of carbonyl (C=O) groups is 1. The zero-order chi connectivity index (χ0) is 14.3. The molecule has 1 aliphatic heterocycles. The number of ether oxygens (including phenoxy) is 1. The van der Waals surface area contributed by atoms with Crippen molar-refractivity contribution in [1.29, 1.82) is 0 Å². The summed E-state index contributed by atoms with van der Waals surface area (Å²) in [5, 5.41) is 3.75. The SMILES string of the molecule is COC(=O)N1CC[C@]2(Br)c3cccc(N=[N+]=[N-])c3C[C@H]12. The van der Waals surface area contributed by atoms with E-state index in [4.69, 9.17) is 10.3 Å². The van der Waals surface area contributed by atoms with Crippen LogP contribution in [0.5, 0.6) is 0 Å². The van der Waals surface area contributed by atoms with E-state index >= 15 is 0 Å². The molecule has 6 nitrogen and oxygen atoms in total. The van der Waals surface area contributed by atoms with Crippen LogP contribution in [0.3, 0.4) is 0 Å². The third kappa shape index (κ3) is 1.70. The molecule has 2 atom stereocenters. The first kappa shape index (κ1) is 13.3. The molecule has 1 aliphatic carbocycles. The molecule has 1 heterocycles. The zero-order valence-corrected chi connectivity index (χ0v) is 12.5. The number of nitrogens with zero attached hydrogens (tertiary/aromatic N) is 4. The van der Waals surface area contributed by atoms with Crippen LogP contribution in [0.2, 0.25) is 0 Å². The Balaban J connectivity index is 2.06. The summed E-state index contributed by atoms with van der Waals surface area (Å²) in [5.41, 5.74) is 11.4. The molecular formula is C13H13BrN4O2. The van der Waals surface area contributed by atoms with Gasteiger partial charge in [0.15, 0.2) is 0 Å². The molecule has 0 saturated carbocycles. The van der Waals surface area contributed by atoms with Crippen molar-refractivity contribution in [3.63, 3.8) is 0 Å². The number of carbonyl (C=O) groups excluding carboxylic acids is 1. The third-order valence-corrected chi connectivity index (χ3v) is 5.53. The summed E-state index contributed by atoms with van der Waals surface area (Å²) in [4.78, 5) is 16.5. The zero-order valence-electron chi connectivity index (χ0n) is 10.9. The summed E-state index contributed by atoms with van der Waals surface area (Å²) in [6, 6.07) is 5.72. The Morgan fingerprint density at radius 3 is 3.15 bits per heavy atom. The summed E-state index contributed by atoms with van der Waals surface area (Å²) >= 11 is 3.81. The standard InChI is InChI=1S/C13H13BrN4O2/c1-20-12(19)18-6-5-13(14)9-3-2-4-10(16-17-15)8(9)7-11(13)18/h2-4,11H,5-7H2,1H3/t11-,13-/m0/s1. The number of hydrogen-bond acceptors (Lipinski definition) is 3. The smallest absolute Gasteiger partial charge is 0.409 e. The van der Waals surface area contributed by atoms with E-state index in [0.29, 0.717) is 18.7 Å². The van der Waals surface area contributed by atoms with Crippen molar-refractivity contribution in [1.82, 2.24) is 4.90 Å². The van der Waals surface area contributed by atoms with Gasteiger partial charge in [-0.15, -0.1) is 0 Å². The predicted octanol–water partition coefficient (Wildman–Crippen LogP) is 3.62. The average molecular weight is 337 g/mol. The normalized spacial score (nSPS) is 26.7. The Hall–Kier alpha value is -1.72. The van der Waals surface area contributed by atoms with Gasteiger partial charge in [-0.1, -0.05) is 39.2 Å². The number of rotatable bonds is 1. The molecular weight excluding hydrogens is 324 g/mol. The van der Waals surface area contributed by atoms with E-state index in [2.05, 4.69) is 26.0 Å². The van der Waals surface area contributed by atoms with Crippen LogP contribution < -0.4 is 0 Å². The Kier molecular flexibility index (Phi) is 3.11. The van der Waals surface area contributed by atoms with E-state index in [1.165, 1.54) is 7.11 Å². The van der Waals surface area contributed by atoms with E-state index in [0.717, 1.165) is 17.5 Å². The molecule has 1 amide bonds. The highest BCUT2D eigenvalue weighted by Crippen LogP contribution is 2.54. The van der Waals surface area contributed by atoms with Gasteiger partial charge in [-0.3, -0.25) is 0 Å². The third-order valence-electron chi connectivity index (χ3n) is 4.18. The average Bonchev–Trinajstić information content (AvgIpc) is 2.92.